The molecule has 1 saturated heterocycles. The number of halogens is 2. The summed E-state index contributed by atoms with van der Waals surface area (Å²) in [4.78, 5) is 2.60. The van der Waals surface area contributed by atoms with Crippen molar-refractivity contribution in [3.63, 3.8) is 0 Å². The van der Waals surface area contributed by atoms with Crippen LogP contribution in [0, 0.1) is 5.92 Å². The van der Waals surface area contributed by atoms with Gasteiger partial charge in [-0.3, -0.25) is 0 Å². The van der Waals surface area contributed by atoms with Gasteiger partial charge in [-0.2, -0.15) is 0 Å². The van der Waals surface area contributed by atoms with E-state index in [0.29, 0.717) is 15.5 Å². The second kappa shape index (κ2) is 5.27. The van der Waals surface area contributed by atoms with E-state index in [1.165, 1.54) is 44.3 Å². The molecule has 1 nitrogen and oxygen atoms in total. The third-order valence-electron chi connectivity index (χ3n) is 5.13. The smallest absolute Gasteiger partial charge is 0.0595 e. The summed E-state index contributed by atoms with van der Waals surface area (Å²) >= 11 is 12.3. The quantitative estimate of drug-likeness (QED) is 0.761. The summed E-state index contributed by atoms with van der Waals surface area (Å²) in [5.74, 6) is 0.790. The molecule has 1 aliphatic heterocycles. The van der Waals surface area contributed by atoms with E-state index >= 15 is 0 Å². The molecule has 1 aromatic carbocycles. The molecule has 104 valence electrons. The molecule has 2 atom stereocenters. The molecule has 0 amide bonds. The van der Waals surface area contributed by atoms with Gasteiger partial charge in [-0.05, 0) is 43.0 Å². The zero-order valence-electron chi connectivity index (χ0n) is 11.5. The van der Waals surface area contributed by atoms with Crippen molar-refractivity contribution in [2.45, 2.75) is 38.0 Å². The summed E-state index contributed by atoms with van der Waals surface area (Å²) in [7, 11) is 0. The molecule has 3 rings (SSSR count). The van der Waals surface area contributed by atoms with Gasteiger partial charge in [0.25, 0.3) is 0 Å². The average Bonchev–Trinajstić information content (AvgIpc) is 2.81. The van der Waals surface area contributed by atoms with Crippen molar-refractivity contribution in [1.82, 2.24) is 4.90 Å². The maximum Gasteiger partial charge on any atom is 0.0595 e. The molecular formula is C16H21Cl2N. The minimum absolute atomic E-state index is 0.322. The summed E-state index contributed by atoms with van der Waals surface area (Å²) in [5.41, 5.74) is 1.73. The summed E-state index contributed by atoms with van der Waals surface area (Å²) in [6.45, 7) is 5.85. The monoisotopic (exact) mass is 297 g/mol. The van der Waals surface area contributed by atoms with E-state index in [4.69, 9.17) is 23.2 Å². The molecule has 1 aromatic rings. The number of likely N-dealkylation sites (tertiary alicyclic amines) is 1. The van der Waals surface area contributed by atoms with Crippen molar-refractivity contribution in [3.8, 4) is 0 Å². The lowest BCUT2D eigenvalue weighted by molar-refractivity contribution is 0.241. The molecule has 1 unspecified atom stereocenters. The van der Waals surface area contributed by atoms with Gasteiger partial charge < -0.3 is 4.90 Å². The van der Waals surface area contributed by atoms with Crippen molar-refractivity contribution in [3.05, 3.63) is 33.8 Å². The van der Waals surface area contributed by atoms with Crippen LogP contribution in [0.3, 0.4) is 0 Å². The number of hydrogen-bond donors (Lipinski definition) is 0. The fraction of sp³-hybridized carbons (Fsp3) is 0.625. The van der Waals surface area contributed by atoms with Gasteiger partial charge >= 0.3 is 0 Å². The van der Waals surface area contributed by atoms with E-state index in [-0.39, 0.29) is 0 Å². The number of rotatable bonds is 2. The van der Waals surface area contributed by atoms with Gasteiger partial charge in [0.05, 0.1) is 10.0 Å². The van der Waals surface area contributed by atoms with Gasteiger partial charge in [0.1, 0.15) is 0 Å². The summed E-state index contributed by atoms with van der Waals surface area (Å²) in [6.07, 6.45) is 5.38. The molecule has 3 heteroatoms. The SMILES string of the molecule is CCN1C[C@H]2CCCCC2(c2ccc(Cl)c(Cl)c2)C1. The molecule has 1 heterocycles. The van der Waals surface area contributed by atoms with E-state index in [0.717, 1.165) is 12.5 Å². The molecule has 1 aliphatic carbocycles. The highest BCUT2D eigenvalue weighted by atomic mass is 35.5. The van der Waals surface area contributed by atoms with E-state index < -0.39 is 0 Å². The predicted molar refractivity (Wildman–Crippen MR) is 82.2 cm³/mol. The minimum Gasteiger partial charge on any atom is -0.302 e. The van der Waals surface area contributed by atoms with Gasteiger partial charge in [-0.25, -0.2) is 0 Å². The number of nitrogens with zero attached hydrogens (tertiary/aromatic N) is 1. The van der Waals surface area contributed by atoms with Gasteiger partial charge in [-0.1, -0.05) is 49.0 Å². The number of likely N-dealkylation sites (N-methyl/N-ethyl adjacent to an activating group) is 1. The van der Waals surface area contributed by atoms with E-state index in [1.54, 1.807) is 0 Å². The van der Waals surface area contributed by atoms with Crippen LogP contribution in [-0.2, 0) is 5.41 Å². The first-order valence-electron chi connectivity index (χ1n) is 7.33. The molecule has 1 saturated carbocycles. The van der Waals surface area contributed by atoms with Crippen LogP contribution in [0.4, 0.5) is 0 Å². The first kappa shape index (κ1) is 13.7. The highest BCUT2D eigenvalue weighted by molar-refractivity contribution is 6.42. The maximum absolute atomic E-state index is 6.24. The Bertz CT molecular complexity index is 474. The fourth-order valence-electron chi connectivity index (χ4n) is 4.08. The van der Waals surface area contributed by atoms with Crippen LogP contribution < -0.4 is 0 Å². The minimum atomic E-state index is 0.322. The summed E-state index contributed by atoms with van der Waals surface area (Å²) < 4.78 is 0. The van der Waals surface area contributed by atoms with Crippen LogP contribution >= 0.6 is 23.2 Å². The van der Waals surface area contributed by atoms with Gasteiger partial charge in [-0.15, -0.1) is 0 Å². The number of benzene rings is 1. The average molecular weight is 298 g/mol. The summed E-state index contributed by atoms with van der Waals surface area (Å²) in [5, 5.41) is 1.37. The Morgan fingerprint density at radius 1 is 1.26 bits per heavy atom. The topological polar surface area (TPSA) is 3.24 Å². The highest BCUT2D eigenvalue weighted by Crippen LogP contribution is 2.49. The zero-order valence-corrected chi connectivity index (χ0v) is 13.0. The second-order valence-corrected chi connectivity index (χ2v) is 6.87. The van der Waals surface area contributed by atoms with Crippen LogP contribution in [0.25, 0.3) is 0 Å². The van der Waals surface area contributed by atoms with Crippen molar-refractivity contribution < 1.29 is 0 Å². The van der Waals surface area contributed by atoms with Crippen molar-refractivity contribution in [2.24, 2.45) is 5.92 Å². The molecule has 0 spiro atoms. The van der Waals surface area contributed by atoms with Crippen LogP contribution in [-0.4, -0.2) is 24.5 Å². The van der Waals surface area contributed by atoms with Crippen molar-refractivity contribution in [1.29, 1.82) is 0 Å². The maximum atomic E-state index is 6.24. The Morgan fingerprint density at radius 3 is 2.84 bits per heavy atom. The fourth-order valence-corrected chi connectivity index (χ4v) is 4.38. The molecule has 2 aliphatic rings. The number of hydrogen-bond acceptors (Lipinski definition) is 1. The Morgan fingerprint density at radius 2 is 2.11 bits per heavy atom. The van der Waals surface area contributed by atoms with Gasteiger partial charge in [0, 0.05) is 18.5 Å². The Kier molecular flexibility index (Phi) is 3.81. The van der Waals surface area contributed by atoms with Crippen molar-refractivity contribution in [2.75, 3.05) is 19.6 Å². The van der Waals surface area contributed by atoms with Crippen LogP contribution in [0.1, 0.15) is 38.2 Å². The molecule has 0 bridgehead atoms. The van der Waals surface area contributed by atoms with Gasteiger partial charge in [0.2, 0.25) is 0 Å². The van der Waals surface area contributed by atoms with Crippen LogP contribution in [0.2, 0.25) is 10.0 Å². The third-order valence-corrected chi connectivity index (χ3v) is 5.87. The molecule has 0 radical (unpaired) electrons. The number of fused-ring (bicyclic) bond motifs is 1. The first-order valence-corrected chi connectivity index (χ1v) is 8.09. The van der Waals surface area contributed by atoms with E-state index in [9.17, 15) is 0 Å². The molecular weight excluding hydrogens is 277 g/mol. The Labute approximate surface area is 125 Å². The van der Waals surface area contributed by atoms with Crippen LogP contribution in [0.15, 0.2) is 18.2 Å². The predicted octanol–water partition coefficient (Wildman–Crippen LogP) is 4.76. The second-order valence-electron chi connectivity index (χ2n) is 6.06. The largest absolute Gasteiger partial charge is 0.302 e. The lowest BCUT2D eigenvalue weighted by Gasteiger charge is -2.39. The molecule has 0 N–H and O–H groups in total. The van der Waals surface area contributed by atoms with E-state index in [2.05, 4.69) is 24.0 Å². The van der Waals surface area contributed by atoms with Crippen molar-refractivity contribution >= 4 is 23.2 Å². The third kappa shape index (κ3) is 2.30. The van der Waals surface area contributed by atoms with E-state index in [1.807, 2.05) is 6.07 Å². The molecule has 2 fully saturated rings. The summed E-state index contributed by atoms with van der Waals surface area (Å²) in [6, 6.07) is 6.28. The standard InChI is InChI=1S/C16H21Cl2N/c1-2-19-10-13-5-3-4-8-16(13,11-19)12-6-7-14(17)15(18)9-12/h6-7,9,13H,2-5,8,10-11H2,1H3/t13-,16?/m1/s1. The Balaban J connectivity index is 2.00. The molecule has 0 aromatic heterocycles. The lowest BCUT2D eigenvalue weighted by atomic mass is 9.64. The first-order chi connectivity index (χ1) is 9.15. The normalized spacial score (nSPS) is 31.4. The Hall–Kier alpha value is -0.240. The lowest BCUT2D eigenvalue weighted by Crippen LogP contribution is -2.38. The van der Waals surface area contributed by atoms with Gasteiger partial charge in [0.15, 0.2) is 0 Å². The zero-order chi connectivity index (χ0) is 13.5. The highest BCUT2D eigenvalue weighted by Gasteiger charge is 2.48. The molecule has 19 heavy (non-hydrogen) atoms. The van der Waals surface area contributed by atoms with Crippen LogP contribution in [0.5, 0.6) is 0 Å².